The maximum Gasteiger partial charge on any atom is 0.313 e. The van der Waals surface area contributed by atoms with Crippen LogP contribution in [0.15, 0.2) is 24.3 Å². The van der Waals surface area contributed by atoms with Gasteiger partial charge in [-0.25, -0.2) is 4.98 Å². The molecule has 2 atom stereocenters. The van der Waals surface area contributed by atoms with Crippen molar-refractivity contribution in [1.29, 1.82) is 0 Å². The van der Waals surface area contributed by atoms with Gasteiger partial charge in [0, 0.05) is 35.2 Å². The van der Waals surface area contributed by atoms with E-state index >= 15 is 0 Å². The number of rotatable bonds is 7. The summed E-state index contributed by atoms with van der Waals surface area (Å²) in [4.78, 5) is 42.2. The number of aliphatic hydroxyl groups is 1. The van der Waals surface area contributed by atoms with Gasteiger partial charge in [-0.15, -0.1) is 36.2 Å². The van der Waals surface area contributed by atoms with E-state index in [1.807, 2.05) is 6.92 Å². The summed E-state index contributed by atoms with van der Waals surface area (Å²) < 4.78 is 0. The van der Waals surface area contributed by atoms with Crippen molar-refractivity contribution in [2.45, 2.75) is 51.6 Å². The lowest BCUT2D eigenvalue weighted by Crippen LogP contribution is -2.48. The van der Waals surface area contributed by atoms with E-state index in [0.717, 1.165) is 41.4 Å². The highest BCUT2D eigenvalue weighted by Crippen LogP contribution is 2.29. The summed E-state index contributed by atoms with van der Waals surface area (Å²) in [6.07, 6.45) is 3.49. The second-order valence-electron chi connectivity index (χ2n) is 7.63. The Morgan fingerprint density at radius 3 is 2.45 bits per heavy atom. The number of nitrogens with one attached hydrogen (secondary N) is 3. The second-order valence-corrected chi connectivity index (χ2v) is 8.74. The van der Waals surface area contributed by atoms with Gasteiger partial charge in [0.05, 0.1) is 11.7 Å². The van der Waals surface area contributed by atoms with Crippen LogP contribution in [0.1, 0.15) is 58.2 Å². The van der Waals surface area contributed by atoms with Gasteiger partial charge in [-0.2, -0.15) is 0 Å². The highest BCUT2D eigenvalue weighted by Gasteiger charge is 2.31. The number of thiazole rings is 1. The van der Waals surface area contributed by atoms with Crippen molar-refractivity contribution in [3.05, 3.63) is 45.4 Å². The zero-order chi connectivity index (χ0) is 22.4. The fourth-order valence-corrected chi connectivity index (χ4v) is 4.77. The molecule has 2 amide bonds. The van der Waals surface area contributed by atoms with Gasteiger partial charge in [0.15, 0.2) is 5.78 Å². The number of benzene rings is 1. The van der Waals surface area contributed by atoms with Crippen molar-refractivity contribution in [2.24, 2.45) is 0 Å². The molecule has 0 aliphatic carbocycles. The molecule has 1 aliphatic rings. The molecule has 33 heavy (non-hydrogen) atoms. The van der Waals surface area contributed by atoms with E-state index in [0.29, 0.717) is 17.7 Å². The number of anilines is 1. The molecule has 0 bridgehead atoms. The van der Waals surface area contributed by atoms with Gasteiger partial charge < -0.3 is 21.1 Å². The van der Waals surface area contributed by atoms with Crippen LogP contribution >= 0.6 is 36.2 Å². The highest BCUT2D eigenvalue weighted by atomic mass is 35.5. The quantitative estimate of drug-likeness (QED) is 0.331. The molecule has 4 N–H and O–H groups in total. The Morgan fingerprint density at radius 2 is 1.88 bits per heavy atom. The first-order valence-electron chi connectivity index (χ1n) is 10.4. The van der Waals surface area contributed by atoms with E-state index in [2.05, 4.69) is 20.9 Å². The van der Waals surface area contributed by atoms with Crippen molar-refractivity contribution in [3.8, 4) is 0 Å². The molecule has 2 aromatic rings. The van der Waals surface area contributed by atoms with Crippen molar-refractivity contribution >= 4 is 59.4 Å². The average Bonchev–Trinajstić information content (AvgIpc) is 3.13. The van der Waals surface area contributed by atoms with Crippen molar-refractivity contribution in [2.75, 3.05) is 18.5 Å². The summed E-state index contributed by atoms with van der Waals surface area (Å²) in [7, 11) is 0. The predicted octanol–water partition coefficient (Wildman–Crippen LogP) is 2.97. The van der Waals surface area contributed by atoms with E-state index in [1.54, 1.807) is 24.3 Å². The summed E-state index contributed by atoms with van der Waals surface area (Å²) in [6.45, 7) is 4.23. The van der Waals surface area contributed by atoms with Crippen LogP contribution in [0.5, 0.6) is 0 Å². The third-order valence-electron chi connectivity index (χ3n) is 5.31. The van der Waals surface area contributed by atoms with Crippen LogP contribution in [0.25, 0.3) is 0 Å². The maximum atomic E-state index is 12.7. The normalized spacial score (nSPS) is 16.0. The lowest BCUT2D eigenvalue weighted by atomic mass is 9.98. The zero-order valence-electron chi connectivity index (χ0n) is 18.6. The first-order valence-corrected chi connectivity index (χ1v) is 11.2. The van der Waals surface area contributed by atoms with Gasteiger partial charge in [0.1, 0.15) is 5.01 Å². The zero-order valence-corrected chi connectivity index (χ0v) is 21.0. The number of nitrogens with zero attached hydrogens (tertiary/aromatic N) is 1. The number of halogens is 2. The molecule has 3 rings (SSSR count). The van der Waals surface area contributed by atoms with Crippen molar-refractivity contribution < 1.29 is 19.5 Å². The Kier molecular flexibility index (Phi) is 12.0. The van der Waals surface area contributed by atoms with Crippen molar-refractivity contribution in [3.63, 3.8) is 0 Å². The lowest BCUT2D eigenvalue weighted by molar-refractivity contribution is -0.136. The Labute approximate surface area is 209 Å². The minimum absolute atomic E-state index is 0. The molecule has 8 nitrogen and oxygen atoms in total. The van der Waals surface area contributed by atoms with E-state index in [4.69, 9.17) is 0 Å². The minimum atomic E-state index is -0.778. The van der Waals surface area contributed by atoms with E-state index in [1.165, 1.54) is 18.3 Å². The highest BCUT2D eigenvalue weighted by molar-refractivity contribution is 7.11. The number of amides is 2. The summed E-state index contributed by atoms with van der Waals surface area (Å²) in [5.74, 6) is -1.59. The lowest BCUT2D eigenvalue weighted by Gasteiger charge is -2.30. The number of Topliss-reactive ketones (excluding diaryl/α,β-unsaturated/α-hetero) is 1. The molecule has 1 fully saturated rings. The molecule has 1 saturated heterocycles. The van der Waals surface area contributed by atoms with Gasteiger partial charge in [-0.1, -0.05) is 6.42 Å². The number of carbonyl (C=O) groups excluding carboxylic acids is 3. The van der Waals surface area contributed by atoms with E-state index in [9.17, 15) is 19.5 Å². The van der Waals surface area contributed by atoms with Crippen LogP contribution < -0.4 is 16.0 Å². The molecule has 0 saturated carbocycles. The van der Waals surface area contributed by atoms with Crippen LogP contribution in [-0.4, -0.2) is 46.9 Å². The predicted molar refractivity (Wildman–Crippen MR) is 134 cm³/mol. The number of aromatic nitrogens is 1. The minimum Gasteiger partial charge on any atom is -0.396 e. The fourth-order valence-electron chi connectivity index (χ4n) is 3.60. The monoisotopic (exact) mass is 516 g/mol. The van der Waals surface area contributed by atoms with Crippen LogP contribution in [-0.2, 0) is 16.0 Å². The number of piperidine rings is 1. The topological polar surface area (TPSA) is 120 Å². The molecule has 2 unspecified atom stereocenters. The van der Waals surface area contributed by atoms with Crippen LogP contribution in [0.2, 0.25) is 0 Å². The molecule has 1 aromatic carbocycles. The molecule has 0 spiro atoms. The Bertz CT molecular complexity index is 946. The maximum absolute atomic E-state index is 12.7. The third-order valence-corrected chi connectivity index (χ3v) is 6.61. The number of aliphatic hydroxyl groups excluding tert-OH is 1. The molecule has 0 radical (unpaired) electrons. The van der Waals surface area contributed by atoms with Gasteiger partial charge >= 0.3 is 11.8 Å². The van der Waals surface area contributed by atoms with Crippen LogP contribution in [0.3, 0.4) is 0 Å². The second kappa shape index (κ2) is 13.6. The number of carbonyl (C=O) groups is 3. The summed E-state index contributed by atoms with van der Waals surface area (Å²) >= 11 is 1.46. The van der Waals surface area contributed by atoms with E-state index < -0.39 is 17.9 Å². The van der Waals surface area contributed by atoms with Gasteiger partial charge in [-0.05, 0) is 57.5 Å². The largest absolute Gasteiger partial charge is 0.396 e. The van der Waals surface area contributed by atoms with Gasteiger partial charge in [0.2, 0.25) is 0 Å². The average molecular weight is 517 g/mol. The molecule has 182 valence electrons. The Balaban J connectivity index is 0.00000272. The molecule has 1 aliphatic heterocycles. The molecule has 2 heterocycles. The standard InChI is InChI=1S/C22H28N4O4S.2ClH/c1-13-18(10-12-27)31-22(24-13)19(17-5-3-4-11-23-17)26-21(30)20(29)25-16-8-6-15(7-9-16)14(2)28;;/h6-9,17,19,23,27H,3-5,10-12H2,1-2H3,(H,25,29)(H,26,30);2*1H. The molecule has 11 heteroatoms. The smallest absolute Gasteiger partial charge is 0.313 e. The number of aryl methyl sites for hydroxylation is 1. The summed E-state index contributed by atoms with van der Waals surface area (Å²) in [5, 5.41) is 18.9. The van der Waals surface area contributed by atoms with Crippen molar-refractivity contribution in [1.82, 2.24) is 15.6 Å². The van der Waals surface area contributed by atoms with Crippen LogP contribution in [0.4, 0.5) is 5.69 Å². The molecular weight excluding hydrogens is 487 g/mol. The summed E-state index contributed by atoms with van der Waals surface area (Å²) in [6, 6.07) is 5.93. The third kappa shape index (κ3) is 7.75. The Hall–Kier alpha value is -2.04. The summed E-state index contributed by atoms with van der Waals surface area (Å²) in [5.41, 5.74) is 1.80. The first kappa shape index (κ1) is 29.0. The van der Waals surface area contributed by atoms with Gasteiger partial charge in [-0.3, -0.25) is 14.4 Å². The molecule has 1 aromatic heterocycles. The number of hydrogen-bond donors (Lipinski definition) is 4. The number of ketones is 1. The first-order chi connectivity index (χ1) is 14.9. The number of hydrogen-bond acceptors (Lipinski definition) is 7. The Morgan fingerprint density at radius 1 is 1.18 bits per heavy atom. The SMILES string of the molecule is CC(=O)c1ccc(NC(=O)C(=O)NC(c2nc(C)c(CCO)s2)C2CCCCN2)cc1.Cl.Cl. The van der Waals surface area contributed by atoms with Crippen LogP contribution in [0, 0.1) is 6.92 Å². The van der Waals surface area contributed by atoms with Gasteiger partial charge in [0.25, 0.3) is 0 Å². The molecular formula is C22H30Cl2N4O4S. The van der Waals surface area contributed by atoms with E-state index in [-0.39, 0.29) is 43.2 Å². The fraction of sp³-hybridized carbons (Fsp3) is 0.455.